The number of nitrogens with zero attached hydrogens (tertiary/aromatic N) is 1. The van der Waals surface area contributed by atoms with Gasteiger partial charge in [-0.3, -0.25) is 4.79 Å². The molecule has 1 aliphatic heterocycles. The zero-order valence-corrected chi connectivity index (χ0v) is 23.7. The molecule has 1 saturated heterocycles. The Morgan fingerprint density at radius 2 is 2.05 bits per heavy atom. The number of carbonyl (C=O) groups excluding carboxylic acids is 1. The molecule has 9 heteroatoms. The van der Waals surface area contributed by atoms with Crippen molar-refractivity contribution in [3.05, 3.63) is 53.1 Å². The van der Waals surface area contributed by atoms with Gasteiger partial charge in [0.1, 0.15) is 11.7 Å². The summed E-state index contributed by atoms with van der Waals surface area (Å²) >= 11 is 8.45. The van der Waals surface area contributed by atoms with E-state index in [4.69, 9.17) is 26.8 Å². The van der Waals surface area contributed by atoms with Crippen LogP contribution in [0.2, 0.25) is 5.02 Å². The molecule has 1 heterocycles. The summed E-state index contributed by atoms with van der Waals surface area (Å²) in [5.41, 5.74) is 6.98. The fraction of sp³-hybridized carbons (Fsp3) is 0.552. The number of benzene rings is 2. The number of morpholine rings is 1. The Labute approximate surface area is 234 Å². The third kappa shape index (κ3) is 6.39. The number of rotatable bonds is 10. The number of nitrogens with two attached hydrogens (primary N) is 1. The van der Waals surface area contributed by atoms with Crippen molar-refractivity contribution in [1.82, 2.24) is 4.90 Å². The normalized spacial score (nSPS) is 25.4. The molecule has 5 atom stereocenters. The van der Waals surface area contributed by atoms with Gasteiger partial charge >= 0.3 is 0 Å². The standard InChI is InChI=1S/C29H39ClN2O5S/c1-36-13-4-3-11-29(35,22-9-6-10-23(30)27(22)19-7-5-8-21(15-19)38-2)26-18-32(12-14-37-26)28(34)20-16-24(31)25(33)17-20/h5-10,15,20,24-26,33,35H,3-4,11-14,16-18,31H2,1-2H3/t20-,24+,25-,26?,29+/m0/s1. The number of unbranched alkanes of at least 4 members (excludes halogenated alkanes) is 1. The summed E-state index contributed by atoms with van der Waals surface area (Å²) in [5.74, 6) is -0.351. The van der Waals surface area contributed by atoms with Crippen molar-refractivity contribution < 1.29 is 24.5 Å². The van der Waals surface area contributed by atoms with Crippen molar-refractivity contribution in [3.63, 3.8) is 0 Å². The number of hydrogen-bond donors (Lipinski definition) is 3. The van der Waals surface area contributed by atoms with Crippen LogP contribution in [0.5, 0.6) is 0 Å². The van der Waals surface area contributed by atoms with E-state index < -0.39 is 17.8 Å². The monoisotopic (exact) mass is 562 g/mol. The Hall–Kier alpha value is -1.65. The van der Waals surface area contributed by atoms with Crippen LogP contribution in [0.25, 0.3) is 11.1 Å². The first-order valence-corrected chi connectivity index (χ1v) is 14.9. The lowest BCUT2D eigenvalue weighted by Gasteiger charge is -2.44. The minimum atomic E-state index is -1.39. The van der Waals surface area contributed by atoms with Crippen LogP contribution in [0.4, 0.5) is 0 Å². The van der Waals surface area contributed by atoms with Gasteiger partial charge in [-0.05, 0) is 67.7 Å². The van der Waals surface area contributed by atoms with Crippen molar-refractivity contribution in [2.24, 2.45) is 11.7 Å². The van der Waals surface area contributed by atoms with E-state index in [0.29, 0.717) is 56.0 Å². The number of aliphatic hydroxyl groups excluding tert-OH is 1. The number of ether oxygens (including phenoxy) is 2. The summed E-state index contributed by atoms with van der Waals surface area (Å²) in [6.07, 6.45) is 3.46. The number of thioether (sulfide) groups is 1. The number of aliphatic hydroxyl groups is 2. The lowest BCUT2D eigenvalue weighted by molar-refractivity contribution is -0.167. The Balaban J connectivity index is 1.69. The van der Waals surface area contributed by atoms with Crippen LogP contribution in [-0.4, -0.2) is 78.9 Å². The van der Waals surface area contributed by atoms with Gasteiger partial charge in [0.25, 0.3) is 0 Å². The van der Waals surface area contributed by atoms with Gasteiger partial charge < -0.3 is 30.3 Å². The van der Waals surface area contributed by atoms with E-state index in [1.807, 2.05) is 42.7 Å². The van der Waals surface area contributed by atoms with E-state index in [1.54, 1.807) is 23.8 Å². The summed E-state index contributed by atoms with van der Waals surface area (Å²) in [5, 5.41) is 23.2. The molecule has 2 aliphatic rings. The molecule has 0 spiro atoms. The number of methoxy groups -OCH3 is 1. The molecule has 7 nitrogen and oxygen atoms in total. The van der Waals surface area contributed by atoms with Crippen LogP contribution in [0.1, 0.15) is 37.7 Å². The molecular weight excluding hydrogens is 524 g/mol. The van der Waals surface area contributed by atoms with Gasteiger partial charge in [0, 0.05) is 47.7 Å². The Morgan fingerprint density at radius 1 is 1.26 bits per heavy atom. The van der Waals surface area contributed by atoms with Crippen LogP contribution in [0.15, 0.2) is 47.4 Å². The maximum absolute atomic E-state index is 13.4. The minimum Gasteiger partial charge on any atom is -0.391 e. The van der Waals surface area contributed by atoms with Crippen molar-refractivity contribution in [1.29, 1.82) is 0 Å². The van der Waals surface area contributed by atoms with Gasteiger partial charge in [0.15, 0.2) is 0 Å². The van der Waals surface area contributed by atoms with Crippen molar-refractivity contribution >= 4 is 29.3 Å². The molecule has 1 amide bonds. The van der Waals surface area contributed by atoms with Crippen LogP contribution < -0.4 is 5.73 Å². The first kappa shape index (κ1) is 29.3. The average molecular weight is 563 g/mol. The zero-order valence-electron chi connectivity index (χ0n) is 22.1. The molecule has 1 saturated carbocycles. The lowest BCUT2D eigenvalue weighted by Crippen LogP contribution is -2.55. The second-order valence-corrected chi connectivity index (χ2v) is 11.6. The molecule has 0 radical (unpaired) electrons. The SMILES string of the molecule is COCCCC[C@@](O)(c1cccc(Cl)c1-c1cccc(SC)c1)C1CN(C(=O)[C@H]2C[C@@H](N)[C@@H](O)C2)CCO1. The fourth-order valence-electron chi connectivity index (χ4n) is 5.71. The van der Waals surface area contributed by atoms with Crippen molar-refractivity contribution in [3.8, 4) is 11.1 Å². The summed E-state index contributed by atoms with van der Waals surface area (Å²) < 4.78 is 11.5. The summed E-state index contributed by atoms with van der Waals surface area (Å²) in [7, 11) is 1.67. The Kier molecular flexibility index (Phi) is 10.1. The number of halogens is 1. The molecule has 1 unspecified atom stereocenters. The molecule has 208 valence electrons. The van der Waals surface area contributed by atoms with Crippen molar-refractivity contribution in [2.45, 2.75) is 60.9 Å². The molecule has 4 N–H and O–H groups in total. The average Bonchev–Trinajstić information content (AvgIpc) is 3.28. The number of carbonyl (C=O) groups is 1. The van der Waals surface area contributed by atoms with E-state index in [9.17, 15) is 15.0 Å². The molecule has 2 fully saturated rings. The zero-order chi connectivity index (χ0) is 27.3. The minimum absolute atomic E-state index is 0.0361. The second kappa shape index (κ2) is 13.1. The quantitative estimate of drug-likeness (QED) is 0.296. The predicted molar refractivity (Wildman–Crippen MR) is 151 cm³/mol. The summed E-state index contributed by atoms with van der Waals surface area (Å²) in [6, 6.07) is 13.3. The van der Waals surface area contributed by atoms with Crippen LogP contribution in [-0.2, 0) is 19.9 Å². The van der Waals surface area contributed by atoms with Gasteiger partial charge in [-0.25, -0.2) is 0 Å². The number of amides is 1. The maximum Gasteiger partial charge on any atom is 0.226 e. The van der Waals surface area contributed by atoms with Gasteiger partial charge in [-0.15, -0.1) is 11.8 Å². The first-order valence-electron chi connectivity index (χ1n) is 13.3. The summed E-state index contributed by atoms with van der Waals surface area (Å²) in [4.78, 5) is 16.3. The lowest BCUT2D eigenvalue weighted by atomic mass is 9.79. The van der Waals surface area contributed by atoms with E-state index in [0.717, 1.165) is 22.4 Å². The topological polar surface area (TPSA) is 105 Å². The highest BCUT2D eigenvalue weighted by molar-refractivity contribution is 7.98. The Bertz CT molecular complexity index is 1090. The molecule has 38 heavy (non-hydrogen) atoms. The fourth-order valence-corrected chi connectivity index (χ4v) is 6.46. The van der Waals surface area contributed by atoms with Gasteiger partial charge in [-0.2, -0.15) is 0 Å². The highest BCUT2D eigenvalue weighted by atomic mass is 35.5. The highest BCUT2D eigenvalue weighted by Crippen LogP contribution is 2.43. The third-order valence-electron chi connectivity index (χ3n) is 7.83. The van der Waals surface area contributed by atoms with Crippen LogP contribution in [0, 0.1) is 5.92 Å². The molecule has 1 aliphatic carbocycles. The van der Waals surface area contributed by atoms with E-state index in [1.165, 1.54) is 0 Å². The Morgan fingerprint density at radius 3 is 2.76 bits per heavy atom. The number of hydrogen-bond acceptors (Lipinski definition) is 7. The maximum atomic E-state index is 13.4. The van der Waals surface area contributed by atoms with Crippen LogP contribution >= 0.6 is 23.4 Å². The highest BCUT2D eigenvalue weighted by Gasteiger charge is 2.45. The smallest absolute Gasteiger partial charge is 0.226 e. The molecule has 0 bridgehead atoms. The molecule has 0 aromatic heterocycles. The van der Waals surface area contributed by atoms with Gasteiger partial charge in [-0.1, -0.05) is 35.9 Å². The van der Waals surface area contributed by atoms with E-state index >= 15 is 0 Å². The van der Waals surface area contributed by atoms with Gasteiger partial charge in [0.2, 0.25) is 5.91 Å². The molecule has 2 aromatic rings. The first-order chi connectivity index (χ1) is 18.3. The third-order valence-corrected chi connectivity index (χ3v) is 8.87. The molecule has 4 rings (SSSR count). The molecular formula is C29H39ClN2O5S. The van der Waals surface area contributed by atoms with Gasteiger partial charge in [0.05, 0.1) is 19.3 Å². The van der Waals surface area contributed by atoms with Crippen molar-refractivity contribution in [2.75, 3.05) is 39.7 Å². The second-order valence-electron chi connectivity index (χ2n) is 10.3. The van der Waals surface area contributed by atoms with E-state index in [-0.39, 0.29) is 24.4 Å². The predicted octanol–water partition coefficient (Wildman–Crippen LogP) is 4.06. The summed E-state index contributed by atoms with van der Waals surface area (Å²) in [6.45, 7) is 1.60. The van der Waals surface area contributed by atoms with E-state index in [2.05, 4.69) is 6.07 Å². The largest absolute Gasteiger partial charge is 0.391 e. The van der Waals surface area contributed by atoms with Crippen LogP contribution in [0.3, 0.4) is 0 Å². The molecule has 2 aromatic carbocycles.